The van der Waals surface area contributed by atoms with E-state index in [1.54, 1.807) is 0 Å². The molecule has 0 fully saturated rings. The number of hydrogen-bond acceptors (Lipinski definition) is 3. The molecule has 2 heterocycles. The second-order valence-corrected chi connectivity index (χ2v) is 7.37. The van der Waals surface area contributed by atoms with Crippen LogP contribution in [0.15, 0.2) is 53.3 Å². The van der Waals surface area contributed by atoms with Crippen molar-refractivity contribution in [2.75, 3.05) is 19.6 Å². The zero-order valence-electron chi connectivity index (χ0n) is 16.0. The van der Waals surface area contributed by atoms with Gasteiger partial charge in [-0.2, -0.15) is 0 Å². The molecule has 1 aliphatic heterocycles. The van der Waals surface area contributed by atoms with E-state index in [1.165, 1.54) is 17.7 Å². The SMILES string of the molecule is Cc1cccc2c(=O)[nH]c(CCCN3CC=C(c4ccc(F)cc4)CC3)nc12. The third-order valence-electron chi connectivity index (χ3n) is 5.38. The first kappa shape index (κ1) is 18.6. The number of aromatic amines is 1. The smallest absolute Gasteiger partial charge is 0.258 e. The van der Waals surface area contributed by atoms with Gasteiger partial charge < -0.3 is 4.98 Å². The van der Waals surface area contributed by atoms with Crippen LogP contribution in [0.4, 0.5) is 4.39 Å². The zero-order chi connectivity index (χ0) is 19.5. The fraction of sp³-hybridized carbons (Fsp3) is 0.304. The maximum atomic E-state index is 13.1. The van der Waals surface area contributed by atoms with Crippen LogP contribution in [-0.2, 0) is 6.42 Å². The number of para-hydroxylation sites is 1. The van der Waals surface area contributed by atoms with Crippen LogP contribution in [-0.4, -0.2) is 34.5 Å². The molecule has 0 saturated heterocycles. The Hall–Kier alpha value is -2.79. The van der Waals surface area contributed by atoms with Crippen LogP contribution in [0.2, 0.25) is 0 Å². The molecule has 2 aromatic carbocycles. The minimum absolute atomic E-state index is 0.0615. The Kier molecular flexibility index (Phi) is 5.35. The summed E-state index contributed by atoms with van der Waals surface area (Å²) >= 11 is 0. The van der Waals surface area contributed by atoms with Crippen LogP contribution < -0.4 is 5.56 Å². The van der Waals surface area contributed by atoms with Crippen molar-refractivity contribution in [3.05, 3.63) is 81.7 Å². The fourth-order valence-corrected chi connectivity index (χ4v) is 3.78. The number of nitrogens with zero attached hydrogens (tertiary/aromatic N) is 2. The Morgan fingerprint density at radius 3 is 2.75 bits per heavy atom. The monoisotopic (exact) mass is 377 g/mol. The van der Waals surface area contributed by atoms with Gasteiger partial charge in [0, 0.05) is 19.5 Å². The topological polar surface area (TPSA) is 49.0 Å². The van der Waals surface area contributed by atoms with E-state index in [0.717, 1.165) is 61.4 Å². The highest BCUT2D eigenvalue weighted by Crippen LogP contribution is 2.22. The van der Waals surface area contributed by atoms with Gasteiger partial charge in [-0.3, -0.25) is 9.69 Å². The molecular formula is C23H24FN3O. The van der Waals surface area contributed by atoms with Gasteiger partial charge in [-0.05, 0) is 61.2 Å². The number of aryl methyl sites for hydroxylation is 2. The van der Waals surface area contributed by atoms with E-state index in [2.05, 4.69) is 20.9 Å². The van der Waals surface area contributed by atoms with Crippen LogP contribution in [0.1, 0.15) is 29.8 Å². The second kappa shape index (κ2) is 8.07. The van der Waals surface area contributed by atoms with Crippen LogP contribution >= 0.6 is 0 Å². The molecule has 1 aliphatic rings. The van der Waals surface area contributed by atoms with E-state index in [0.29, 0.717) is 5.39 Å². The number of benzene rings is 2. The van der Waals surface area contributed by atoms with E-state index >= 15 is 0 Å². The quantitative estimate of drug-likeness (QED) is 0.728. The van der Waals surface area contributed by atoms with Crippen molar-refractivity contribution < 1.29 is 4.39 Å². The summed E-state index contributed by atoms with van der Waals surface area (Å²) in [6, 6.07) is 12.4. The average Bonchev–Trinajstić information content (AvgIpc) is 2.70. The third-order valence-corrected chi connectivity index (χ3v) is 5.38. The standard InChI is InChI=1S/C23H24FN3O/c1-16-4-2-5-20-22(16)25-21(26-23(20)28)6-3-13-27-14-11-18(12-15-27)17-7-9-19(24)10-8-17/h2,4-5,7-11H,3,6,12-15H2,1H3,(H,25,26,28). The molecule has 0 spiro atoms. The maximum Gasteiger partial charge on any atom is 0.258 e. The second-order valence-electron chi connectivity index (χ2n) is 7.37. The lowest BCUT2D eigenvalue weighted by Crippen LogP contribution is -2.30. The average molecular weight is 377 g/mol. The van der Waals surface area contributed by atoms with E-state index in [9.17, 15) is 9.18 Å². The van der Waals surface area contributed by atoms with Crippen LogP contribution in [0.3, 0.4) is 0 Å². The van der Waals surface area contributed by atoms with Crippen molar-refractivity contribution in [2.45, 2.75) is 26.2 Å². The first-order chi connectivity index (χ1) is 13.6. The van der Waals surface area contributed by atoms with Crippen molar-refractivity contribution >= 4 is 16.5 Å². The summed E-state index contributed by atoms with van der Waals surface area (Å²) < 4.78 is 13.1. The van der Waals surface area contributed by atoms with Crippen molar-refractivity contribution in [1.82, 2.24) is 14.9 Å². The normalized spacial score (nSPS) is 15.0. The number of aromatic nitrogens is 2. The molecule has 0 bridgehead atoms. The Bertz CT molecular complexity index is 1070. The van der Waals surface area contributed by atoms with E-state index in [1.807, 2.05) is 37.3 Å². The predicted molar refractivity (Wildman–Crippen MR) is 111 cm³/mol. The molecular weight excluding hydrogens is 353 g/mol. The number of nitrogens with one attached hydrogen (secondary N) is 1. The first-order valence-electron chi connectivity index (χ1n) is 9.76. The highest BCUT2D eigenvalue weighted by molar-refractivity contribution is 5.80. The number of H-pyrrole nitrogens is 1. The minimum Gasteiger partial charge on any atom is -0.310 e. The predicted octanol–water partition coefficient (Wildman–Crippen LogP) is 4.09. The highest BCUT2D eigenvalue weighted by Gasteiger charge is 2.13. The van der Waals surface area contributed by atoms with Gasteiger partial charge in [0.15, 0.2) is 0 Å². The van der Waals surface area contributed by atoms with Crippen molar-refractivity contribution in [1.29, 1.82) is 0 Å². The molecule has 1 N–H and O–H groups in total. The Morgan fingerprint density at radius 2 is 2.00 bits per heavy atom. The molecule has 28 heavy (non-hydrogen) atoms. The molecule has 0 atom stereocenters. The van der Waals surface area contributed by atoms with Crippen molar-refractivity contribution in [3.63, 3.8) is 0 Å². The van der Waals surface area contributed by atoms with Crippen LogP contribution in [0.5, 0.6) is 0 Å². The largest absolute Gasteiger partial charge is 0.310 e. The first-order valence-corrected chi connectivity index (χ1v) is 9.76. The van der Waals surface area contributed by atoms with E-state index in [-0.39, 0.29) is 11.4 Å². The molecule has 4 rings (SSSR count). The maximum absolute atomic E-state index is 13.1. The van der Waals surface area contributed by atoms with E-state index < -0.39 is 0 Å². The number of halogens is 1. The van der Waals surface area contributed by atoms with Gasteiger partial charge in [-0.25, -0.2) is 9.37 Å². The van der Waals surface area contributed by atoms with Gasteiger partial charge in [0.25, 0.3) is 5.56 Å². The molecule has 1 aromatic heterocycles. The molecule has 0 saturated carbocycles. The number of rotatable bonds is 5. The molecule has 0 amide bonds. The molecule has 0 radical (unpaired) electrons. The zero-order valence-corrected chi connectivity index (χ0v) is 16.0. The Morgan fingerprint density at radius 1 is 1.18 bits per heavy atom. The van der Waals surface area contributed by atoms with Gasteiger partial charge >= 0.3 is 0 Å². The minimum atomic E-state index is -0.197. The summed E-state index contributed by atoms with van der Waals surface area (Å²) in [5.41, 5.74) is 4.15. The van der Waals surface area contributed by atoms with Gasteiger partial charge in [-0.15, -0.1) is 0 Å². The lowest BCUT2D eigenvalue weighted by Gasteiger charge is -2.26. The molecule has 0 aliphatic carbocycles. The Labute approximate surface area is 163 Å². The number of hydrogen-bond donors (Lipinski definition) is 1. The summed E-state index contributed by atoms with van der Waals surface area (Å²) in [7, 11) is 0. The molecule has 5 heteroatoms. The van der Waals surface area contributed by atoms with Gasteiger partial charge in [0.05, 0.1) is 10.9 Å². The summed E-state index contributed by atoms with van der Waals surface area (Å²) in [4.78, 5) is 22.3. The molecule has 3 aromatic rings. The van der Waals surface area contributed by atoms with Crippen LogP contribution in [0, 0.1) is 12.7 Å². The van der Waals surface area contributed by atoms with Gasteiger partial charge in [0.1, 0.15) is 11.6 Å². The summed E-state index contributed by atoms with van der Waals surface area (Å²) in [5, 5.41) is 0.651. The number of fused-ring (bicyclic) bond motifs is 1. The van der Waals surface area contributed by atoms with E-state index in [4.69, 9.17) is 0 Å². The third kappa shape index (κ3) is 4.04. The molecule has 4 nitrogen and oxygen atoms in total. The highest BCUT2D eigenvalue weighted by atomic mass is 19.1. The van der Waals surface area contributed by atoms with Crippen molar-refractivity contribution in [2.24, 2.45) is 0 Å². The van der Waals surface area contributed by atoms with Crippen LogP contribution in [0.25, 0.3) is 16.5 Å². The fourth-order valence-electron chi connectivity index (χ4n) is 3.78. The summed E-state index contributed by atoms with van der Waals surface area (Å²) in [6.07, 6.45) is 4.90. The van der Waals surface area contributed by atoms with Crippen molar-refractivity contribution in [3.8, 4) is 0 Å². The summed E-state index contributed by atoms with van der Waals surface area (Å²) in [5.74, 6) is 0.559. The molecule has 144 valence electrons. The van der Waals surface area contributed by atoms with Gasteiger partial charge in [-0.1, -0.05) is 30.3 Å². The lowest BCUT2D eigenvalue weighted by atomic mass is 9.99. The molecule has 0 unspecified atom stereocenters. The lowest BCUT2D eigenvalue weighted by molar-refractivity contribution is 0.297. The van der Waals surface area contributed by atoms with Gasteiger partial charge in [0.2, 0.25) is 0 Å². The summed E-state index contributed by atoms with van der Waals surface area (Å²) in [6.45, 7) is 4.83. The Balaban J connectivity index is 1.35.